The molecule has 0 aromatic heterocycles. The predicted octanol–water partition coefficient (Wildman–Crippen LogP) is 1.94. The van der Waals surface area contributed by atoms with Crippen LogP contribution in [0.4, 0.5) is 5.69 Å². The largest absolute Gasteiger partial charge is 0.490 e. The fourth-order valence-corrected chi connectivity index (χ4v) is 5.05. The molecule has 0 radical (unpaired) electrons. The Morgan fingerprint density at radius 3 is 2.71 bits per heavy atom. The maximum Gasteiger partial charge on any atom is 0.259 e. The summed E-state index contributed by atoms with van der Waals surface area (Å²) in [6.45, 7) is 2.36. The molecule has 3 aliphatic rings. The standard InChI is InChI=1S/C25H27N3O6/c1-32-11-8-27-14-16-12-19(23(26)29)28(18-5-2-4-17(22(16)18)25(27)31)24(30)15-6-7-20-21(13-15)34-10-3-9-33-20/h2,4-7,13,16,19H,3,8-12,14H2,1H3,(H2,26,29)/t16-,19-/m0/s1. The molecule has 9 nitrogen and oxygen atoms in total. The van der Waals surface area contributed by atoms with Crippen LogP contribution < -0.4 is 20.1 Å². The summed E-state index contributed by atoms with van der Waals surface area (Å²) in [5.41, 5.74) is 8.04. The highest BCUT2D eigenvalue weighted by Crippen LogP contribution is 2.44. The number of hydrogen-bond donors (Lipinski definition) is 1. The number of nitrogens with zero attached hydrogens (tertiary/aromatic N) is 2. The number of carbonyl (C=O) groups is 3. The van der Waals surface area contributed by atoms with Gasteiger partial charge in [0.2, 0.25) is 5.91 Å². The first kappa shape index (κ1) is 22.2. The third kappa shape index (κ3) is 3.75. The molecule has 0 saturated heterocycles. The average Bonchev–Trinajstić information content (AvgIpc) is 3.09. The Hall–Kier alpha value is -3.59. The Morgan fingerprint density at radius 2 is 1.94 bits per heavy atom. The number of hydrogen-bond acceptors (Lipinski definition) is 6. The minimum absolute atomic E-state index is 0.105. The van der Waals surface area contributed by atoms with Crippen LogP contribution in [0.5, 0.6) is 11.5 Å². The number of benzene rings is 2. The zero-order valence-electron chi connectivity index (χ0n) is 19.0. The van der Waals surface area contributed by atoms with Gasteiger partial charge in [0.05, 0.1) is 19.8 Å². The number of carbonyl (C=O) groups excluding carboxylic acids is 3. The van der Waals surface area contributed by atoms with Crippen LogP contribution in [0.25, 0.3) is 0 Å². The lowest BCUT2D eigenvalue weighted by Gasteiger charge is -2.44. The van der Waals surface area contributed by atoms with E-state index in [-0.39, 0.29) is 17.7 Å². The van der Waals surface area contributed by atoms with Crippen molar-refractivity contribution in [2.75, 3.05) is 44.9 Å². The summed E-state index contributed by atoms with van der Waals surface area (Å²) in [4.78, 5) is 42.7. The molecule has 0 bridgehead atoms. The van der Waals surface area contributed by atoms with E-state index in [4.69, 9.17) is 19.9 Å². The smallest absolute Gasteiger partial charge is 0.259 e. The molecule has 2 atom stereocenters. The first-order valence-electron chi connectivity index (χ1n) is 11.4. The Kier molecular flexibility index (Phi) is 5.87. The van der Waals surface area contributed by atoms with Crippen molar-refractivity contribution >= 4 is 23.4 Å². The molecule has 0 aliphatic carbocycles. The van der Waals surface area contributed by atoms with Crippen molar-refractivity contribution in [2.24, 2.45) is 5.73 Å². The van der Waals surface area contributed by atoms with Crippen molar-refractivity contribution in [3.63, 3.8) is 0 Å². The lowest BCUT2D eigenvalue weighted by Crippen LogP contribution is -2.54. The number of fused-ring (bicyclic) bond motifs is 1. The predicted molar refractivity (Wildman–Crippen MR) is 123 cm³/mol. The molecule has 2 N–H and O–H groups in total. The Bertz CT molecular complexity index is 1150. The number of amides is 3. The Balaban J connectivity index is 1.56. The highest BCUT2D eigenvalue weighted by Gasteiger charge is 2.44. The van der Waals surface area contributed by atoms with Gasteiger partial charge in [-0.1, -0.05) is 6.07 Å². The fraction of sp³-hybridized carbons (Fsp3) is 0.400. The fourth-order valence-electron chi connectivity index (χ4n) is 5.05. The molecule has 0 fully saturated rings. The molecule has 0 spiro atoms. The number of anilines is 1. The number of nitrogens with two attached hydrogens (primary N) is 1. The van der Waals surface area contributed by atoms with E-state index in [1.165, 1.54) is 4.90 Å². The van der Waals surface area contributed by atoms with Crippen LogP contribution in [-0.4, -0.2) is 68.7 Å². The summed E-state index contributed by atoms with van der Waals surface area (Å²) in [5, 5.41) is 0. The molecule has 178 valence electrons. The summed E-state index contributed by atoms with van der Waals surface area (Å²) >= 11 is 0. The molecule has 3 heterocycles. The van der Waals surface area contributed by atoms with E-state index in [1.54, 1.807) is 48.4 Å². The highest BCUT2D eigenvalue weighted by atomic mass is 16.5. The first-order chi connectivity index (χ1) is 16.5. The normalized spacial score (nSPS) is 21.0. The molecule has 2 aromatic rings. The maximum atomic E-state index is 13.8. The van der Waals surface area contributed by atoms with Crippen molar-refractivity contribution in [3.05, 3.63) is 53.1 Å². The Labute approximate surface area is 197 Å². The van der Waals surface area contributed by atoms with Gasteiger partial charge in [-0.05, 0) is 42.3 Å². The van der Waals surface area contributed by atoms with Crippen molar-refractivity contribution in [2.45, 2.75) is 24.8 Å². The maximum absolute atomic E-state index is 13.8. The lowest BCUT2D eigenvalue weighted by molar-refractivity contribution is -0.119. The molecule has 9 heteroatoms. The lowest BCUT2D eigenvalue weighted by atomic mass is 9.79. The third-order valence-electron chi connectivity index (χ3n) is 6.64. The monoisotopic (exact) mass is 465 g/mol. The van der Waals surface area contributed by atoms with Crippen molar-refractivity contribution in [3.8, 4) is 11.5 Å². The van der Waals surface area contributed by atoms with Gasteiger partial charge in [0, 0.05) is 49.4 Å². The molecule has 3 aliphatic heterocycles. The molecule has 2 aromatic carbocycles. The van der Waals surface area contributed by atoms with Crippen molar-refractivity contribution in [1.82, 2.24) is 4.90 Å². The zero-order chi connectivity index (χ0) is 23.8. The molecular formula is C25H27N3O6. The van der Waals surface area contributed by atoms with E-state index in [1.807, 2.05) is 0 Å². The van der Waals surface area contributed by atoms with E-state index in [2.05, 4.69) is 0 Å². The summed E-state index contributed by atoms with van der Waals surface area (Å²) in [6, 6.07) is 9.45. The van der Waals surface area contributed by atoms with Crippen molar-refractivity contribution < 1.29 is 28.6 Å². The van der Waals surface area contributed by atoms with Gasteiger partial charge in [-0.15, -0.1) is 0 Å². The van der Waals surface area contributed by atoms with Gasteiger partial charge >= 0.3 is 0 Å². The Morgan fingerprint density at radius 1 is 1.15 bits per heavy atom. The summed E-state index contributed by atoms with van der Waals surface area (Å²) < 4.78 is 16.6. The van der Waals surface area contributed by atoms with Crippen LogP contribution >= 0.6 is 0 Å². The van der Waals surface area contributed by atoms with Gasteiger partial charge in [0.1, 0.15) is 6.04 Å². The van der Waals surface area contributed by atoms with Gasteiger partial charge in [0.15, 0.2) is 11.5 Å². The van der Waals surface area contributed by atoms with E-state index in [9.17, 15) is 14.4 Å². The second-order valence-electron chi connectivity index (χ2n) is 8.72. The number of rotatable bonds is 5. The summed E-state index contributed by atoms with van der Waals surface area (Å²) in [7, 11) is 1.59. The first-order valence-corrected chi connectivity index (χ1v) is 11.4. The molecule has 34 heavy (non-hydrogen) atoms. The van der Waals surface area contributed by atoms with E-state index < -0.39 is 11.9 Å². The highest BCUT2D eigenvalue weighted by molar-refractivity contribution is 6.12. The minimum atomic E-state index is -0.839. The quantitative estimate of drug-likeness (QED) is 0.722. The third-order valence-corrected chi connectivity index (χ3v) is 6.64. The van der Waals surface area contributed by atoms with Gasteiger partial charge < -0.3 is 24.8 Å². The van der Waals surface area contributed by atoms with E-state index in [0.29, 0.717) is 67.6 Å². The molecule has 3 amide bonds. The van der Waals surface area contributed by atoms with Crippen LogP contribution in [0.3, 0.4) is 0 Å². The van der Waals surface area contributed by atoms with Crippen molar-refractivity contribution in [1.29, 1.82) is 0 Å². The molecular weight excluding hydrogens is 438 g/mol. The average molecular weight is 466 g/mol. The van der Waals surface area contributed by atoms with Gasteiger partial charge in [-0.25, -0.2) is 0 Å². The van der Waals surface area contributed by atoms with Crippen LogP contribution in [-0.2, 0) is 9.53 Å². The summed E-state index contributed by atoms with van der Waals surface area (Å²) in [5.74, 6) is -0.0951. The van der Waals surface area contributed by atoms with Crippen LogP contribution in [0.15, 0.2) is 36.4 Å². The summed E-state index contributed by atoms with van der Waals surface area (Å²) in [6.07, 6.45) is 1.09. The molecule has 5 rings (SSSR count). The number of primary amides is 1. The topological polar surface area (TPSA) is 111 Å². The van der Waals surface area contributed by atoms with Gasteiger partial charge in [-0.3, -0.25) is 19.3 Å². The zero-order valence-corrected chi connectivity index (χ0v) is 19.0. The van der Waals surface area contributed by atoms with E-state index in [0.717, 1.165) is 12.0 Å². The molecule has 0 saturated carbocycles. The van der Waals surface area contributed by atoms with E-state index >= 15 is 0 Å². The SMILES string of the molecule is COCCN1C[C@@H]2C[C@@H](C(N)=O)N(C(=O)c3ccc4c(c3)OCCCO4)c3cccc(c32)C1=O. The number of ether oxygens (including phenoxy) is 3. The van der Waals surface area contributed by atoms with Gasteiger partial charge in [-0.2, -0.15) is 0 Å². The minimum Gasteiger partial charge on any atom is -0.490 e. The number of methoxy groups -OCH3 is 1. The van der Waals surface area contributed by atoms with Crippen LogP contribution in [0.2, 0.25) is 0 Å². The van der Waals surface area contributed by atoms with Crippen LogP contribution in [0.1, 0.15) is 45.0 Å². The second-order valence-corrected chi connectivity index (χ2v) is 8.72. The second kappa shape index (κ2) is 8.98. The molecule has 0 unspecified atom stereocenters. The van der Waals surface area contributed by atoms with Gasteiger partial charge in [0.25, 0.3) is 11.8 Å². The van der Waals surface area contributed by atoms with Crippen LogP contribution in [0, 0.1) is 0 Å².